The summed E-state index contributed by atoms with van der Waals surface area (Å²) in [6, 6.07) is 10.5. The third-order valence-corrected chi connectivity index (χ3v) is 7.26. The Kier molecular flexibility index (Phi) is 6.92. The molecule has 7 nitrogen and oxygen atoms in total. The maximum absolute atomic E-state index is 14.3. The number of benzene rings is 2. The maximum atomic E-state index is 14.3. The minimum Gasteiger partial charge on any atom is -0.363 e. The van der Waals surface area contributed by atoms with Crippen LogP contribution in [0.1, 0.15) is 56.9 Å². The number of amides is 1. The third kappa shape index (κ3) is 4.76. The molecule has 1 aliphatic rings. The van der Waals surface area contributed by atoms with Crippen LogP contribution in [0.25, 0.3) is 0 Å². The molecule has 0 aliphatic carbocycles. The van der Waals surface area contributed by atoms with Crippen molar-refractivity contribution in [1.82, 2.24) is 19.6 Å². The molecule has 0 spiro atoms. The number of halogens is 4. The summed E-state index contributed by atoms with van der Waals surface area (Å²) in [4.78, 5) is 13.4. The van der Waals surface area contributed by atoms with E-state index in [-0.39, 0.29) is 34.9 Å². The van der Waals surface area contributed by atoms with Crippen LogP contribution in [-0.2, 0) is 6.54 Å². The molecule has 2 N–H and O–H groups in total. The van der Waals surface area contributed by atoms with Crippen molar-refractivity contribution in [2.45, 2.75) is 52.2 Å². The lowest BCUT2D eigenvalue weighted by molar-refractivity contribution is 0.0657. The van der Waals surface area contributed by atoms with Crippen molar-refractivity contribution in [2.24, 2.45) is 0 Å². The topological polar surface area (TPSA) is 76.8 Å². The molecule has 1 amide bonds. The highest BCUT2D eigenvalue weighted by Gasteiger charge is 2.36. The van der Waals surface area contributed by atoms with Gasteiger partial charge >= 0.3 is 0 Å². The van der Waals surface area contributed by atoms with E-state index < -0.39 is 30.2 Å². The van der Waals surface area contributed by atoms with E-state index in [9.17, 15) is 18.0 Å². The van der Waals surface area contributed by atoms with Gasteiger partial charge in [-0.1, -0.05) is 47.5 Å². The van der Waals surface area contributed by atoms with Crippen LogP contribution in [0.5, 0.6) is 0 Å². The number of nitrogens with one attached hydrogen (secondary N) is 2. The quantitative estimate of drug-likeness (QED) is 0.293. The second-order valence-corrected chi connectivity index (χ2v) is 9.86. The fraction of sp³-hybridized carbons (Fsp3) is 0.296. The Morgan fingerprint density at radius 1 is 1.18 bits per heavy atom. The summed E-state index contributed by atoms with van der Waals surface area (Å²) in [5, 5.41) is 14.9. The van der Waals surface area contributed by atoms with Crippen molar-refractivity contribution in [3.05, 3.63) is 93.1 Å². The number of fused-ring (bicyclic) bond motifs is 1. The van der Waals surface area contributed by atoms with Crippen molar-refractivity contribution in [1.29, 1.82) is 0 Å². The molecule has 1 aliphatic heterocycles. The first-order chi connectivity index (χ1) is 18.1. The van der Waals surface area contributed by atoms with E-state index >= 15 is 0 Å². The molecule has 0 radical (unpaired) electrons. The zero-order valence-electron chi connectivity index (χ0n) is 21.0. The molecule has 0 bridgehead atoms. The van der Waals surface area contributed by atoms with Crippen molar-refractivity contribution in [2.75, 3.05) is 10.6 Å². The van der Waals surface area contributed by atoms with Gasteiger partial charge in [-0.15, -0.1) is 0 Å². The standard InChI is InChI=1S/C27H26ClF3N6O/c1-14-7-9-17(10-8-14)22-11-23(25(30)31)37-26(33-22)18(12-32-37)27(38)34-24-15(2)35-36(16(24)3)13-19-20(28)5-4-6-21(19)29/h4-10,12,22-23,25,33H,11,13H2,1-3H3,(H,34,38)/t22-,23-/m1/s1. The highest BCUT2D eigenvalue weighted by atomic mass is 35.5. The number of hydrogen-bond donors (Lipinski definition) is 2. The largest absolute Gasteiger partial charge is 0.363 e. The minimum atomic E-state index is -2.66. The van der Waals surface area contributed by atoms with Crippen LogP contribution in [0.3, 0.4) is 0 Å². The number of carbonyl (C=O) groups excluding carboxylic acids is 1. The number of anilines is 2. The molecule has 198 valence electrons. The van der Waals surface area contributed by atoms with E-state index in [1.807, 2.05) is 31.2 Å². The number of carbonyl (C=O) groups is 1. The van der Waals surface area contributed by atoms with Crippen LogP contribution in [0.4, 0.5) is 24.7 Å². The van der Waals surface area contributed by atoms with Crippen molar-refractivity contribution >= 4 is 29.0 Å². The Morgan fingerprint density at radius 3 is 2.61 bits per heavy atom. The average molecular weight is 543 g/mol. The lowest BCUT2D eigenvalue weighted by Gasteiger charge is -2.32. The van der Waals surface area contributed by atoms with Gasteiger partial charge in [0, 0.05) is 10.6 Å². The van der Waals surface area contributed by atoms with Crippen molar-refractivity contribution in [3.63, 3.8) is 0 Å². The van der Waals surface area contributed by atoms with Crippen LogP contribution in [0.15, 0.2) is 48.7 Å². The van der Waals surface area contributed by atoms with E-state index in [1.54, 1.807) is 24.6 Å². The minimum absolute atomic E-state index is 0.0765. The Morgan fingerprint density at radius 2 is 1.92 bits per heavy atom. The summed E-state index contributed by atoms with van der Waals surface area (Å²) in [7, 11) is 0. The van der Waals surface area contributed by atoms with Gasteiger partial charge < -0.3 is 10.6 Å². The number of aryl methyl sites for hydroxylation is 2. The Labute approximate surface area is 222 Å². The summed E-state index contributed by atoms with van der Waals surface area (Å²) in [5.41, 5.74) is 3.87. The molecule has 0 unspecified atom stereocenters. The van der Waals surface area contributed by atoms with Gasteiger partial charge in [-0.05, 0) is 44.9 Å². The number of rotatable bonds is 6. The van der Waals surface area contributed by atoms with E-state index in [2.05, 4.69) is 20.8 Å². The molecule has 38 heavy (non-hydrogen) atoms. The molecule has 4 aromatic rings. The molecule has 2 aromatic carbocycles. The van der Waals surface area contributed by atoms with Crippen LogP contribution in [0, 0.1) is 26.6 Å². The second kappa shape index (κ2) is 10.2. The lowest BCUT2D eigenvalue weighted by Crippen LogP contribution is -2.31. The van der Waals surface area contributed by atoms with Gasteiger partial charge in [0.2, 0.25) is 0 Å². The molecule has 0 saturated heterocycles. The highest BCUT2D eigenvalue weighted by molar-refractivity contribution is 6.31. The van der Waals surface area contributed by atoms with Crippen LogP contribution in [-0.4, -0.2) is 31.9 Å². The lowest BCUT2D eigenvalue weighted by atomic mass is 9.96. The second-order valence-electron chi connectivity index (χ2n) is 9.45. The van der Waals surface area contributed by atoms with Gasteiger partial charge in [-0.3, -0.25) is 9.48 Å². The fourth-order valence-corrected chi connectivity index (χ4v) is 4.99. The zero-order valence-corrected chi connectivity index (χ0v) is 21.7. The first-order valence-corrected chi connectivity index (χ1v) is 12.5. The first-order valence-electron chi connectivity index (χ1n) is 12.1. The molecule has 2 aromatic heterocycles. The van der Waals surface area contributed by atoms with E-state index in [0.29, 0.717) is 17.1 Å². The van der Waals surface area contributed by atoms with E-state index in [0.717, 1.165) is 11.1 Å². The Bertz CT molecular complexity index is 1480. The monoisotopic (exact) mass is 542 g/mol. The van der Waals surface area contributed by atoms with E-state index in [4.69, 9.17) is 11.6 Å². The predicted molar refractivity (Wildman–Crippen MR) is 140 cm³/mol. The van der Waals surface area contributed by atoms with Crippen LogP contribution in [0.2, 0.25) is 5.02 Å². The van der Waals surface area contributed by atoms with E-state index in [1.165, 1.54) is 23.0 Å². The number of nitrogens with zero attached hydrogens (tertiary/aromatic N) is 4. The van der Waals surface area contributed by atoms with Gasteiger partial charge in [0.25, 0.3) is 12.3 Å². The Hall–Kier alpha value is -3.79. The predicted octanol–water partition coefficient (Wildman–Crippen LogP) is 6.46. The van der Waals surface area contributed by atoms with Crippen molar-refractivity contribution < 1.29 is 18.0 Å². The van der Waals surface area contributed by atoms with Crippen LogP contribution >= 0.6 is 11.6 Å². The normalized spacial score (nSPS) is 16.8. The Balaban J connectivity index is 1.43. The number of hydrogen-bond acceptors (Lipinski definition) is 4. The summed E-state index contributed by atoms with van der Waals surface area (Å²) in [6.07, 6.45) is -1.24. The molecule has 2 atom stereocenters. The molecule has 0 saturated carbocycles. The SMILES string of the molecule is Cc1ccc([C@H]2C[C@H](C(F)F)n3ncc(C(=O)Nc4c(C)nn(Cc5c(F)cccc5Cl)c4C)c3N2)cc1. The summed E-state index contributed by atoms with van der Waals surface area (Å²) in [6.45, 7) is 5.49. The average Bonchev–Trinajstić information content (AvgIpc) is 3.42. The van der Waals surface area contributed by atoms with Gasteiger partial charge in [0.15, 0.2) is 0 Å². The fourth-order valence-electron chi connectivity index (χ4n) is 4.76. The molecule has 3 heterocycles. The summed E-state index contributed by atoms with van der Waals surface area (Å²) in [5.74, 6) is -0.749. The summed E-state index contributed by atoms with van der Waals surface area (Å²) < 4.78 is 45.1. The maximum Gasteiger partial charge on any atom is 0.261 e. The van der Waals surface area contributed by atoms with Gasteiger partial charge in [-0.25, -0.2) is 17.9 Å². The number of alkyl halides is 2. The molecule has 0 fully saturated rings. The molecule has 5 rings (SSSR count). The van der Waals surface area contributed by atoms with Crippen LogP contribution < -0.4 is 10.6 Å². The molecular weight excluding hydrogens is 517 g/mol. The van der Waals surface area contributed by atoms with Gasteiger partial charge in [0.1, 0.15) is 23.2 Å². The number of aromatic nitrogens is 4. The smallest absolute Gasteiger partial charge is 0.261 e. The first kappa shape index (κ1) is 25.8. The summed E-state index contributed by atoms with van der Waals surface area (Å²) >= 11 is 6.17. The van der Waals surface area contributed by atoms with Gasteiger partial charge in [-0.2, -0.15) is 10.2 Å². The van der Waals surface area contributed by atoms with Crippen molar-refractivity contribution in [3.8, 4) is 0 Å². The van der Waals surface area contributed by atoms with Gasteiger partial charge in [0.05, 0.1) is 35.9 Å². The highest BCUT2D eigenvalue weighted by Crippen LogP contribution is 2.39. The molecular formula is C27H26ClF3N6O. The third-order valence-electron chi connectivity index (χ3n) is 6.90. The zero-order chi connectivity index (χ0) is 27.1. The molecule has 11 heteroatoms.